The Morgan fingerprint density at radius 1 is 0.750 bits per heavy atom. The fourth-order valence-electron chi connectivity index (χ4n) is 7.43. The van der Waals surface area contributed by atoms with Gasteiger partial charge in [0, 0.05) is 52.9 Å². The van der Waals surface area contributed by atoms with Gasteiger partial charge < -0.3 is 9.64 Å². The number of fused-ring (bicyclic) bond motifs is 4. The summed E-state index contributed by atoms with van der Waals surface area (Å²) >= 11 is 0. The second-order valence-electron chi connectivity index (χ2n) is 14.3. The zero-order chi connectivity index (χ0) is 41.6. The van der Waals surface area contributed by atoms with Crippen molar-refractivity contribution in [3.63, 3.8) is 0 Å². The van der Waals surface area contributed by atoms with Crippen molar-refractivity contribution in [3.05, 3.63) is 89.7 Å². The number of carbonyl (C=O) groups excluding carboxylic acids is 1. The van der Waals surface area contributed by atoms with Crippen LogP contribution < -0.4 is 9.64 Å². The second-order valence-corrected chi connectivity index (χ2v) is 20.3. The van der Waals surface area contributed by atoms with Gasteiger partial charge in [0.15, 0.2) is 5.71 Å². The molecule has 3 aromatic carbocycles. The van der Waals surface area contributed by atoms with Crippen LogP contribution in [0.1, 0.15) is 51.7 Å². The smallest absolute Gasteiger partial charge is 0.298 e. The molecule has 0 atom stereocenters. The van der Waals surface area contributed by atoms with Crippen LogP contribution in [0.5, 0.6) is 5.75 Å². The van der Waals surface area contributed by atoms with E-state index in [9.17, 15) is 56.7 Å². The molecule has 16 nitrogen and oxygen atoms in total. The maximum atomic E-state index is 12.4. The lowest BCUT2D eigenvalue weighted by atomic mass is 9.79. The van der Waals surface area contributed by atoms with Gasteiger partial charge in [-0.3, -0.25) is 23.0 Å². The maximum Gasteiger partial charge on any atom is 0.298 e. The first-order valence-electron chi connectivity index (χ1n) is 17.0. The van der Waals surface area contributed by atoms with Crippen molar-refractivity contribution >= 4 is 74.8 Å². The Hall–Kier alpha value is -4.28. The number of anilines is 1. The molecule has 3 aromatic rings. The molecule has 302 valence electrons. The fraction of sp³-hybridized carbons (Fsp3) is 0.333. The Morgan fingerprint density at radius 2 is 1.41 bits per heavy atom. The molecule has 4 N–H and O–H groups in total. The number of ether oxygens (including phenoxy) is 1. The molecule has 0 amide bonds. The Kier molecular flexibility index (Phi) is 11.7. The molecular formula is C36H41N2O14S4+. The van der Waals surface area contributed by atoms with E-state index in [0.29, 0.717) is 35.3 Å². The van der Waals surface area contributed by atoms with Gasteiger partial charge in [0.1, 0.15) is 17.2 Å². The van der Waals surface area contributed by atoms with Gasteiger partial charge in [-0.2, -0.15) is 38.2 Å². The average molecular weight is 854 g/mol. The van der Waals surface area contributed by atoms with E-state index >= 15 is 0 Å². The van der Waals surface area contributed by atoms with Crippen molar-refractivity contribution in [1.29, 1.82) is 0 Å². The molecule has 0 spiro atoms. The molecule has 0 fully saturated rings. The average Bonchev–Trinajstić information content (AvgIpc) is 3.40. The molecule has 0 saturated heterocycles. The van der Waals surface area contributed by atoms with Crippen LogP contribution >= 0.6 is 0 Å². The Morgan fingerprint density at radius 3 is 2.02 bits per heavy atom. The summed E-state index contributed by atoms with van der Waals surface area (Å²) < 4.78 is 141. The van der Waals surface area contributed by atoms with Gasteiger partial charge in [-0.15, -0.1) is 0 Å². The van der Waals surface area contributed by atoms with E-state index in [2.05, 4.69) is 0 Å². The van der Waals surface area contributed by atoms with E-state index < -0.39 is 72.6 Å². The minimum Gasteiger partial charge on any atom is -0.429 e. The minimum absolute atomic E-state index is 0.0208. The lowest BCUT2D eigenvalue weighted by Gasteiger charge is -2.26. The van der Waals surface area contributed by atoms with Gasteiger partial charge in [-0.1, -0.05) is 32.1 Å². The van der Waals surface area contributed by atoms with Gasteiger partial charge >= 0.3 is 0 Å². The number of carbonyl (C=O) groups is 1. The zero-order valence-electron chi connectivity index (χ0n) is 30.6. The molecule has 0 aromatic heterocycles. The van der Waals surface area contributed by atoms with Gasteiger partial charge in [-0.25, -0.2) is 0 Å². The molecule has 56 heavy (non-hydrogen) atoms. The van der Waals surface area contributed by atoms with Crippen LogP contribution in [0.15, 0.2) is 88.3 Å². The highest BCUT2D eigenvalue weighted by Crippen LogP contribution is 2.49. The number of benzene rings is 3. The standard InChI is InChI=1S/C36H40N2O14S4/c1-35(2)28-20-24(52-23-39)12-14-29(28)37(16-8-18-53(40,41)42)32(35)10-6-5-7-11-33-36(3,4)34-27-21-25(55(46,47)48)22-31(56(49,50)51)26(27)13-15-30(34)38(33)17-9-19-54(43,44)45/h5-7,10-15,20-23H,8-9,16-19H2,1-4H3,(H3-,40,41,42,43,44,45,46,47,48,49,50,51)/p+1. The Balaban J connectivity index is 1.59. The Bertz CT molecular complexity index is 2700. The summed E-state index contributed by atoms with van der Waals surface area (Å²) in [6, 6.07) is 9.77. The lowest BCUT2D eigenvalue weighted by molar-refractivity contribution is -0.437. The zero-order valence-corrected chi connectivity index (χ0v) is 33.9. The molecule has 0 aliphatic carbocycles. The normalized spacial score (nSPS) is 17.7. The topological polar surface area (TPSA) is 250 Å². The van der Waals surface area contributed by atoms with E-state index in [0.717, 1.165) is 23.0 Å². The number of allylic oxidation sites excluding steroid dienone is 6. The summed E-state index contributed by atoms with van der Waals surface area (Å²) in [5, 5.41) is 0.0741. The summed E-state index contributed by atoms with van der Waals surface area (Å²) in [6.45, 7) is 8.04. The summed E-state index contributed by atoms with van der Waals surface area (Å²) in [5.41, 5.74) is 2.10. The Labute approximate surface area is 325 Å². The van der Waals surface area contributed by atoms with E-state index in [-0.39, 0.29) is 36.7 Å². The first kappa shape index (κ1) is 42.9. The van der Waals surface area contributed by atoms with Crippen LogP contribution in [0.3, 0.4) is 0 Å². The minimum atomic E-state index is -4.98. The third-order valence-electron chi connectivity index (χ3n) is 9.82. The highest BCUT2D eigenvalue weighted by atomic mass is 32.2. The van der Waals surface area contributed by atoms with Crippen molar-refractivity contribution in [2.45, 2.75) is 61.2 Å². The SMILES string of the molecule is CC1(C)C(/C=C/C=C/C=C2/N(CCCS(=O)(=O)O)c3ccc(OC=O)cc3C2(C)C)=[N+](CCCS(=O)(=O)O)c2ccc3c(S(=O)(=O)O)cc(S(=O)(=O)O)cc3c21. The second kappa shape index (κ2) is 15.2. The van der Waals surface area contributed by atoms with Crippen molar-refractivity contribution in [1.82, 2.24) is 0 Å². The molecule has 0 radical (unpaired) electrons. The van der Waals surface area contributed by atoms with Crippen LogP contribution in [0.4, 0.5) is 11.4 Å². The summed E-state index contributed by atoms with van der Waals surface area (Å²) in [7, 11) is -18.5. The molecule has 0 unspecified atom stereocenters. The third kappa shape index (κ3) is 8.97. The van der Waals surface area contributed by atoms with Crippen LogP contribution in [0.2, 0.25) is 0 Å². The van der Waals surface area contributed by atoms with Crippen molar-refractivity contribution in [2.24, 2.45) is 0 Å². The van der Waals surface area contributed by atoms with E-state index in [1.165, 1.54) is 6.07 Å². The third-order valence-corrected chi connectivity index (χ3v) is 13.2. The predicted molar refractivity (Wildman–Crippen MR) is 208 cm³/mol. The van der Waals surface area contributed by atoms with Crippen LogP contribution in [-0.2, 0) is 56.1 Å². The predicted octanol–water partition coefficient (Wildman–Crippen LogP) is 4.59. The first-order chi connectivity index (χ1) is 25.8. The molecule has 2 heterocycles. The molecule has 0 saturated carbocycles. The highest BCUT2D eigenvalue weighted by molar-refractivity contribution is 7.87. The maximum absolute atomic E-state index is 12.4. The number of hydrogen-bond donors (Lipinski definition) is 4. The van der Waals surface area contributed by atoms with Crippen LogP contribution in [0, 0.1) is 0 Å². The molecule has 0 bridgehead atoms. The van der Waals surface area contributed by atoms with Crippen molar-refractivity contribution in [3.8, 4) is 5.75 Å². The lowest BCUT2D eigenvalue weighted by Crippen LogP contribution is -2.28. The van der Waals surface area contributed by atoms with E-state index in [1.54, 1.807) is 67.0 Å². The monoisotopic (exact) mass is 853 g/mol. The van der Waals surface area contributed by atoms with E-state index in [1.807, 2.05) is 24.8 Å². The molecule has 2 aliphatic heterocycles. The number of hydrogen-bond acceptors (Lipinski definition) is 11. The van der Waals surface area contributed by atoms with Gasteiger partial charge in [0.25, 0.3) is 46.9 Å². The number of rotatable bonds is 15. The van der Waals surface area contributed by atoms with Crippen molar-refractivity contribution < 1.29 is 66.0 Å². The summed E-state index contributed by atoms with van der Waals surface area (Å²) in [5.74, 6) is -0.712. The molecule has 5 rings (SSSR count). The molecule has 2 aliphatic rings. The van der Waals surface area contributed by atoms with Gasteiger partial charge in [-0.05, 0) is 73.7 Å². The molecular weight excluding hydrogens is 813 g/mol. The fourth-order valence-corrected chi connectivity index (χ4v) is 9.76. The highest BCUT2D eigenvalue weighted by Gasteiger charge is 2.46. The van der Waals surface area contributed by atoms with Crippen molar-refractivity contribution in [2.75, 3.05) is 29.5 Å². The first-order valence-corrected chi connectivity index (χ1v) is 23.1. The van der Waals surface area contributed by atoms with E-state index in [4.69, 9.17) is 4.74 Å². The largest absolute Gasteiger partial charge is 0.429 e. The van der Waals surface area contributed by atoms with Gasteiger partial charge in [0.05, 0.1) is 21.8 Å². The quantitative estimate of drug-likeness (QED) is 0.0706. The van der Waals surface area contributed by atoms with Crippen LogP contribution in [-0.4, -0.2) is 93.2 Å². The molecule has 20 heteroatoms. The summed E-state index contributed by atoms with van der Waals surface area (Å²) in [4.78, 5) is 11.4. The van der Waals surface area contributed by atoms with Crippen LogP contribution in [0.25, 0.3) is 10.8 Å². The van der Waals surface area contributed by atoms with Gasteiger partial charge in [0.2, 0.25) is 5.69 Å². The summed E-state index contributed by atoms with van der Waals surface area (Å²) in [6.07, 6.45) is 8.76. The number of nitrogens with zero attached hydrogens (tertiary/aromatic N) is 2.